The van der Waals surface area contributed by atoms with Gasteiger partial charge in [0.2, 0.25) is 18.3 Å². The summed E-state index contributed by atoms with van der Waals surface area (Å²) in [6.45, 7) is 5.55. The first-order chi connectivity index (χ1) is 11.8. The van der Waals surface area contributed by atoms with Crippen molar-refractivity contribution in [2.24, 2.45) is 5.92 Å². The molecule has 1 aliphatic rings. The van der Waals surface area contributed by atoms with Crippen molar-refractivity contribution >= 4 is 29.6 Å². The van der Waals surface area contributed by atoms with Crippen molar-refractivity contribution in [2.45, 2.75) is 31.7 Å². The van der Waals surface area contributed by atoms with E-state index in [-0.39, 0.29) is 10.8 Å². The van der Waals surface area contributed by atoms with E-state index in [0.717, 1.165) is 5.56 Å². The predicted molar refractivity (Wildman–Crippen MR) is 97.9 cm³/mol. The Labute approximate surface area is 149 Å². The Morgan fingerprint density at radius 2 is 1.64 bits per heavy atom. The van der Waals surface area contributed by atoms with Gasteiger partial charge in [-0.05, 0) is 37.1 Å². The van der Waals surface area contributed by atoms with Gasteiger partial charge in [0.05, 0.1) is 4.90 Å². The van der Waals surface area contributed by atoms with Crippen LogP contribution >= 0.6 is 8.30 Å². The van der Waals surface area contributed by atoms with Crippen LogP contribution in [0.15, 0.2) is 59.5 Å². The number of hydrogen-bond donors (Lipinski definition) is 0. The van der Waals surface area contributed by atoms with Crippen LogP contribution in [0, 0.1) is 12.8 Å². The minimum atomic E-state index is -3.86. The van der Waals surface area contributed by atoms with Gasteiger partial charge < -0.3 is 4.52 Å². The van der Waals surface area contributed by atoms with E-state index in [0.29, 0.717) is 5.30 Å². The summed E-state index contributed by atoms with van der Waals surface area (Å²) in [7, 11) is -5.60. The molecule has 1 saturated heterocycles. The average molecular weight is 377 g/mol. The number of sulfonamides is 1. The Kier molecular flexibility index (Phi) is 4.96. The molecule has 0 bridgehead atoms. The Hall–Kier alpha value is -1.75. The maximum Gasteiger partial charge on any atom is 0.329 e. The molecule has 0 N–H and O–H groups in total. The lowest BCUT2D eigenvalue weighted by Gasteiger charge is -2.26. The van der Waals surface area contributed by atoms with Crippen molar-refractivity contribution in [1.29, 1.82) is 0 Å². The van der Waals surface area contributed by atoms with Crippen molar-refractivity contribution in [3.63, 3.8) is 0 Å². The summed E-state index contributed by atoms with van der Waals surface area (Å²) in [6, 6.07) is 14.9. The van der Waals surface area contributed by atoms with Crippen molar-refractivity contribution in [3.05, 3.63) is 60.2 Å². The summed E-state index contributed by atoms with van der Waals surface area (Å²) in [5, 5.41) is 0.699. The smallest absolute Gasteiger partial charge is 0.329 e. The quantitative estimate of drug-likeness (QED) is 0.768. The first-order valence-electron chi connectivity index (χ1n) is 8.00. The summed E-state index contributed by atoms with van der Waals surface area (Å²) >= 11 is 0. The molecule has 0 aromatic heterocycles. The normalized spacial score (nSPS) is 21.5. The summed E-state index contributed by atoms with van der Waals surface area (Å²) in [5.74, 6) is -0.676. The van der Waals surface area contributed by atoms with Gasteiger partial charge in [-0.2, -0.15) is 0 Å². The zero-order valence-electron chi connectivity index (χ0n) is 14.3. The molecule has 2 aromatic rings. The lowest BCUT2D eigenvalue weighted by molar-refractivity contribution is -0.135. The predicted octanol–water partition coefficient (Wildman–Crippen LogP) is 3.20. The van der Waals surface area contributed by atoms with E-state index in [1.807, 2.05) is 39.0 Å². The van der Waals surface area contributed by atoms with Gasteiger partial charge in [0, 0.05) is 5.30 Å². The molecule has 0 saturated carbocycles. The van der Waals surface area contributed by atoms with Crippen LogP contribution in [-0.2, 0) is 19.3 Å². The summed E-state index contributed by atoms with van der Waals surface area (Å²) in [5.41, 5.74) is 0.971. The molecule has 132 valence electrons. The molecule has 0 spiro atoms. The van der Waals surface area contributed by atoms with E-state index in [4.69, 9.17) is 4.52 Å². The van der Waals surface area contributed by atoms with Crippen LogP contribution in [0.2, 0.25) is 0 Å². The standard InChI is InChI=1S/C18H20NO4PS/c1-13(2)17-18(20)23-24(15-7-5-4-6-8-15)19(17)25(21,22)16-11-9-14(3)10-12-16/h4-13,17H,1-3H3. The van der Waals surface area contributed by atoms with Gasteiger partial charge in [0.1, 0.15) is 6.04 Å². The monoisotopic (exact) mass is 377 g/mol. The van der Waals surface area contributed by atoms with E-state index in [1.165, 1.54) is 4.08 Å². The molecule has 2 aromatic carbocycles. The van der Waals surface area contributed by atoms with Crippen molar-refractivity contribution in [2.75, 3.05) is 0 Å². The van der Waals surface area contributed by atoms with Gasteiger partial charge in [-0.1, -0.05) is 49.7 Å². The number of aryl methyl sites for hydroxylation is 1. The molecule has 1 fully saturated rings. The molecule has 7 heteroatoms. The Balaban J connectivity index is 2.12. The SMILES string of the molecule is Cc1ccc(S(=O)(=O)N2C(C(C)C)C(=O)OP2c2ccccc2)cc1. The Morgan fingerprint density at radius 3 is 2.20 bits per heavy atom. The van der Waals surface area contributed by atoms with Gasteiger partial charge in [-0.3, -0.25) is 4.79 Å². The first-order valence-corrected chi connectivity index (χ1v) is 10.7. The van der Waals surface area contributed by atoms with E-state index in [2.05, 4.69) is 0 Å². The third-order valence-corrected chi connectivity index (χ3v) is 8.39. The fourth-order valence-electron chi connectivity index (χ4n) is 2.70. The first kappa shape index (κ1) is 18.1. The fraction of sp³-hybridized carbons (Fsp3) is 0.278. The van der Waals surface area contributed by atoms with Gasteiger partial charge in [-0.25, -0.2) is 8.42 Å². The van der Waals surface area contributed by atoms with Crippen LogP contribution in [0.5, 0.6) is 0 Å². The molecule has 0 aliphatic carbocycles. The molecular weight excluding hydrogens is 357 g/mol. The van der Waals surface area contributed by atoms with E-state index >= 15 is 0 Å². The molecule has 1 aliphatic heterocycles. The lowest BCUT2D eigenvalue weighted by atomic mass is 10.1. The van der Waals surface area contributed by atoms with Crippen molar-refractivity contribution < 1.29 is 17.7 Å². The topological polar surface area (TPSA) is 63.7 Å². The van der Waals surface area contributed by atoms with Crippen LogP contribution in [0.4, 0.5) is 0 Å². The second kappa shape index (κ2) is 6.87. The van der Waals surface area contributed by atoms with Crippen molar-refractivity contribution in [3.8, 4) is 0 Å². The highest BCUT2D eigenvalue weighted by Gasteiger charge is 2.52. The summed E-state index contributed by atoms with van der Waals surface area (Å²) in [4.78, 5) is 12.6. The van der Waals surface area contributed by atoms with Crippen LogP contribution < -0.4 is 5.30 Å². The third-order valence-electron chi connectivity index (χ3n) is 4.01. The number of benzene rings is 2. The zero-order valence-corrected chi connectivity index (χ0v) is 16.0. The molecule has 2 atom stereocenters. The third kappa shape index (κ3) is 3.34. The Bertz CT molecular complexity index is 866. The van der Waals surface area contributed by atoms with E-state index < -0.39 is 30.3 Å². The largest absolute Gasteiger partial charge is 0.422 e. The number of nitrogens with zero attached hydrogens (tertiary/aromatic N) is 1. The highest BCUT2D eigenvalue weighted by Crippen LogP contribution is 2.53. The van der Waals surface area contributed by atoms with E-state index in [9.17, 15) is 13.2 Å². The highest BCUT2D eigenvalue weighted by molar-refractivity contribution is 7.95. The molecule has 2 unspecified atom stereocenters. The second-order valence-corrected chi connectivity index (χ2v) is 10.1. The molecule has 0 radical (unpaired) electrons. The minimum Gasteiger partial charge on any atom is -0.422 e. The fourth-order valence-corrected chi connectivity index (χ4v) is 7.17. The van der Waals surface area contributed by atoms with Crippen LogP contribution in [-0.4, -0.2) is 24.5 Å². The molecule has 1 heterocycles. The van der Waals surface area contributed by atoms with Crippen LogP contribution in [0.3, 0.4) is 0 Å². The number of carbonyl (C=O) groups is 1. The second-order valence-electron chi connectivity index (χ2n) is 6.30. The minimum absolute atomic E-state index is 0.172. The molecule has 3 rings (SSSR count). The summed E-state index contributed by atoms with van der Waals surface area (Å²) < 4.78 is 33.4. The van der Waals surface area contributed by atoms with Gasteiger partial charge in [0.25, 0.3) is 0 Å². The maximum atomic E-state index is 13.3. The van der Waals surface area contributed by atoms with Gasteiger partial charge >= 0.3 is 5.97 Å². The lowest BCUT2D eigenvalue weighted by Crippen LogP contribution is -2.40. The number of rotatable bonds is 4. The Morgan fingerprint density at radius 1 is 1.04 bits per heavy atom. The molecule has 0 amide bonds. The maximum absolute atomic E-state index is 13.3. The van der Waals surface area contributed by atoms with Crippen molar-refractivity contribution in [1.82, 2.24) is 4.08 Å². The number of hydrogen-bond acceptors (Lipinski definition) is 4. The van der Waals surface area contributed by atoms with Gasteiger partial charge in [0.15, 0.2) is 0 Å². The zero-order chi connectivity index (χ0) is 18.2. The van der Waals surface area contributed by atoms with Crippen LogP contribution in [0.25, 0.3) is 0 Å². The van der Waals surface area contributed by atoms with E-state index in [1.54, 1.807) is 36.4 Å². The number of carbonyl (C=O) groups excluding carboxylic acids is 1. The summed E-state index contributed by atoms with van der Waals surface area (Å²) in [6.07, 6.45) is 0. The van der Waals surface area contributed by atoms with Crippen LogP contribution in [0.1, 0.15) is 19.4 Å². The molecular formula is C18H20NO4PS. The average Bonchev–Trinajstić information content (AvgIpc) is 2.94. The molecule has 25 heavy (non-hydrogen) atoms. The molecule has 5 nitrogen and oxygen atoms in total. The highest BCUT2D eigenvalue weighted by atomic mass is 32.2. The van der Waals surface area contributed by atoms with Gasteiger partial charge in [-0.15, -0.1) is 4.08 Å².